The van der Waals surface area contributed by atoms with Crippen LogP contribution in [0.1, 0.15) is 67.6 Å². The smallest absolute Gasteiger partial charge is 0.256 e. The molecule has 5 aromatic rings. The van der Waals surface area contributed by atoms with E-state index < -0.39 is 12.2 Å². The third-order valence-corrected chi connectivity index (χ3v) is 9.56. The molecule has 4 aromatic carbocycles. The molecule has 0 spiro atoms. The zero-order valence-electron chi connectivity index (χ0n) is 28.1. The van der Waals surface area contributed by atoms with E-state index in [1.165, 1.54) is 11.8 Å². The largest absolute Gasteiger partial charge is 0.431 e. The summed E-state index contributed by atoms with van der Waals surface area (Å²) in [6.45, 7) is -0.0326. The SMILES string of the molecule is O=C(CCCCCC(=O)Nc1ccc([C@@H]2O[C@H](CSc3nc(-c4ccccc4)c(-c4ccccc4)o3)C[C@H](c3ccc(CO)cc3)O2)cc1)NO. The number of unbranched alkanes of at least 4 members (excludes halogenated alkanes) is 2. The van der Waals surface area contributed by atoms with Crippen molar-refractivity contribution in [3.8, 4) is 22.6 Å². The molecule has 11 heteroatoms. The van der Waals surface area contributed by atoms with Crippen LogP contribution in [0.25, 0.3) is 22.6 Å². The molecule has 51 heavy (non-hydrogen) atoms. The van der Waals surface area contributed by atoms with Gasteiger partial charge in [-0.3, -0.25) is 14.8 Å². The van der Waals surface area contributed by atoms with E-state index in [1.54, 1.807) is 5.48 Å². The fourth-order valence-corrected chi connectivity index (χ4v) is 6.72. The molecule has 0 radical (unpaired) electrons. The van der Waals surface area contributed by atoms with Crippen LogP contribution >= 0.6 is 11.8 Å². The first-order valence-corrected chi connectivity index (χ1v) is 18.1. The summed E-state index contributed by atoms with van der Waals surface area (Å²) in [5.74, 6) is 0.759. The summed E-state index contributed by atoms with van der Waals surface area (Å²) in [5.41, 5.74) is 7.63. The summed E-state index contributed by atoms with van der Waals surface area (Å²) >= 11 is 1.50. The minimum absolute atomic E-state index is 0.0326. The summed E-state index contributed by atoms with van der Waals surface area (Å²) in [5, 5.41) is 21.6. The monoisotopic (exact) mass is 707 g/mol. The van der Waals surface area contributed by atoms with Crippen LogP contribution in [0, 0.1) is 0 Å². The second-order valence-electron chi connectivity index (χ2n) is 12.3. The molecule has 2 amide bonds. The maximum absolute atomic E-state index is 12.5. The van der Waals surface area contributed by atoms with Crippen molar-refractivity contribution in [2.24, 2.45) is 0 Å². The number of aliphatic hydroxyl groups is 1. The Kier molecular flexibility index (Phi) is 12.7. The maximum Gasteiger partial charge on any atom is 0.256 e. The topological polar surface area (TPSA) is 143 Å². The molecule has 0 bridgehead atoms. The van der Waals surface area contributed by atoms with E-state index in [9.17, 15) is 14.7 Å². The van der Waals surface area contributed by atoms with Gasteiger partial charge in [0.2, 0.25) is 11.8 Å². The number of hydrogen-bond donors (Lipinski definition) is 4. The highest BCUT2D eigenvalue weighted by molar-refractivity contribution is 7.99. The van der Waals surface area contributed by atoms with Gasteiger partial charge in [-0.25, -0.2) is 10.5 Å². The van der Waals surface area contributed by atoms with Crippen molar-refractivity contribution in [3.05, 3.63) is 126 Å². The minimum Gasteiger partial charge on any atom is -0.431 e. The molecule has 1 saturated heterocycles. The molecule has 264 valence electrons. The fraction of sp³-hybridized carbons (Fsp3) is 0.275. The number of benzene rings is 4. The lowest BCUT2D eigenvalue weighted by molar-refractivity contribution is -0.245. The van der Waals surface area contributed by atoms with Crippen LogP contribution in [0.2, 0.25) is 0 Å². The summed E-state index contributed by atoms with van der Waals surface area (Å²) < 4.78 is 19.4. The molecular formula is C40H41N3O7S. The van der Waals surface area contributed by atoms with Gasteiger partial charge in [-0.15, -0.1) is 0 Å². The number of oxazole rings is 1. The quantitative estimate of drug-likeness (QED) is 0.0366. The predicted octanol–water partition coefficient (Wildman–Crippen LogP) is 8.23. The number of nitrogens with one attached hydrogen (secondary N) is 2. The standard InChI is InChI=1S/C40H41N3O7S/c44-25-27-16-18-28(19-17-27)34-24-33(26-51-40-42-37(29-10-4-1-5-11-29)38(50-40)30-12-6-2-7-13-30)48-39(49-34)31-20-22-32(23-21-31)41-35(45)14-8-3-9-15-36(46)43-47/h1-2,4-7,10-13,16-23,33-34,39,44,47H,3,8-9,14-15,24-26H2,(H,41,45)(H,43,46)/t33-,34+,39+/m0/s1. The molecule has 0 unspecified atom stereocenters. The molecule has 1 fully saturated rings. The van der Waals surface area contributed by atoms with Crippen LogP contribution < -0.4 is 10.8 Å². The molecule has 1 aliphatic heterocycles. The second-order valence-corrected chi connectivity index (χ2v) is 13.3. The maximum atomic E-state index is 12.5. The van der Waals surface area contributed by atoms with Crippen LogP contribution in [0.15, 0.2) is 119 Å². The molecule has 1 aliphatic rings. The van der Waals surface area contributed by atoms with E-state index in [0.717, 1.165) is 39.3 Å². The van der Waals surface area contributed by atoms with Crippen molar-refractivity contribution < 1.29 is 33.8 Å². The number of amides is 2. The summed E-state index contributed by atoms with van der Waals surface area (Å²) in [4.78, 5) is 28.6. The second kappa shape index (κ2) is 17.9. The number of carbonyl (C=O) groups is 2. The van der Waals surface area contributed by atoms with Gasteiger partial charge in [-0.05, 0) is 36.1 Å². The first-order chi connectivity index (χ1) is 25.0. The number of rotatable bonds is 15. The normalized spacial score (nSPS) is 17.2. The van der Waals surface area contributed by atoms with Crippen molar-refractivity contribution in [1.82, 2.24) is 10.5 Å². The molecule has 10 nitrogen and oxygen atoms in total. The van der Waals surface area contributed by atoms with Gasteiger partial charge in [0.15, 0.2) is 12.1 Å². The Bertz CT molecular complexity index is 1790. The Morgan fingerprint density at radius 2 is 1.41 bits per heavy atom. The zero-order valence-corrected chi connectivity index (χ0v) is 28.9. The van der Waals surface area contributed by atoms with E-state index in [-0.39, 0.29) is 31.1 Å². The Morgan fingerprint density at radius 3 is 2.08 bits per heavy atom. The predicted molar refractivity (Wildman–Crippen MR) is 195 cm³/mol. The molecule has 0 saturated carbocycles. The summed E-state index contributed by atoms with van der Waals surface area (Å²) in [6.07, 6.45) is 2.00. The number of carbonyl (C=O) groups excluding carboxylic acids is 2. The Labute approximate surface area is 301 Å². The highest BCUT2D eigenvalue weighted by Gasteiger charge is 2.33. The van der Waals surface area contributed by atoms with Gasteiger partial charge >= 0.3 is 0 Å². The van der Waals surface area contributed by atoms with Gasteiger partial charge < -0.3 is 24.3 Å². The van der Waals surface area contributed by atoms with Gasteiger partial charge in [0.1, 0.15) is 5.69 Å². The van der Waals surface area contributed by atoms with Gasteiger partial charge in [0, 0.05) is 47.4 Å². The first-order valence-electron chi connectivity index (χ1n) is 17.1. The van der Waals surface area contributed by atoms with Crippen molar-refractivity contribution in [2.45, 2.75) is 68.9 Å². The van der Waals surface area contributed by atoms with Gasteiger partial charge in [0.25, 0.3) is 5.22 Å². The molecule has 3 atom stereocenters. The third-order valence-electron chi connectivity index (χ3n) is 8.60. The van der Waals surface area contributed by atoms with E-state index in [2.05, 4.69) is 5.32 Å². The lowest BCUT2D eigenvalue weighted by atomic mass is 10.0. The number of anilines is 1. The van der Waals surface area contributed by atoms with Crippen LogP contribution in [-0.2, 0) is 25.7 Å². The van der Waals surface area contributed by atoms with Crippen molar-refractivity contribution in [1.29, 1.82) is 0 Å². The fourth-order valence-electron chi connectivity index (χ4n) is 5.88. The number of ether oxygens (including phenoxy) is 2. The van der Waals surface area contributed by atoms with E-state index in [1.807, 2.05) is 109 Å². The molecule has 1 aromatic heterocycles. The number of thioether (sulfide) groups is 1. The zero-order chi connectivity index (χ0) is 35.4. The van der Waals surface area contributed by atoms with Crippen LogP contribution in [0.3, 0.4) is 0 Å². The molecule has 4 N–H and O–H groups in total. The molecular weight excluding hydrogens is 667 g/mol. The minimum atomic E-state index is -0.655. The number of hydrogen-bond acceptors (Lipinski definition) is 9. The number of aliphatic hydroxyl groups excluding tert-OH is 1. The first kappa shape index (κ1) is 36.0. The number of hydroxylamine groups is 1. The van der Waals surface area contributed by atoms with Gasteiger partial charge in [-0.1, -0.05) is 115 Å². The lowest BCUT2D eigenvalue weighted by Crippen LogP contribution is -2.31. The molecule has 0 aliphatic carbocycles. The molecule has 2 heterocycles. The van der Waals surface area contributed by atoms with Crippen molar-refractivity contribution in [2.75, 3.05) is 11.1 Å². The number of nitrogens with zero attached hydrogens (tertiary/aromatic N) is 1. The summed E-state index contributed by atoms with van der Waals surface area (Å²) in [6, 6.07) is 35.2. The Hall–Kier alpha value is -4.78. The van der Waals surface area contributed by atoms with Gasteiger partial charge in [-0.2, -0.15) is 0 Å². The summed E-state index contributed by atoms with van der Waals surface area (Å²) in [7, 11) is 0. The van der Waals surface area contributed by atoms with Crippen LogP contribution in [0.5, 0.6) is 0 Å². The highest BCUT2D eigenvalue weighted by atomic mass is 32.2. The van der Waals surface area contributed by atoms with E-state index in [4.69, 9.17) is 24.1 Å². The van der Waals surface area contributed by atoms with Gasteiger partial charge in [0.05, 0.1) is 18.8 Å². The Morgan fingerprint density at radius 1 is 0.765 bits per heavy atom. The lowest BCUT2D eigenvalue weighted by Gasteiger charge is -2.36. The van der Waals surface area contributed by atoms with E-state index >= 15 is 0 Å². The Balaban J connectivity index is 1.14. The van der Waals surface area contributed by atoms with Crippen LogP contribution in [-0.4, -0.2) is 39.0 Å². The number of aromatic nitrogens is 1. The average Bonchev–Trinajstić information content (AvgIpc) is 3.62. The van der Waals surface area contributed by atoms with Crippen molar-refractivity contribution >= 4 is 29.3 Å². The third kappa shape index (κ3) is 9.93. The van der Waals surface area contributed by atoms with E-state index in [0.29, 0.717) is 48.8 Å². The highest BCUT2D eigenvalue weighted by Crippen LogP contribution is 2.41. The average molecular weight is 708 g/mol. The molecule has 6 rings (SSSR count). The van der Waals surface area contributed by atoms with Crippen LogP contribution in [0.4, 0.5) is 5.69 Å². The van der Waals surface area contributed by atoms with Crippen molar-refractivity contribution in [3.63, 3.8) is 0 Å².